The van der Waals surface area contributed by atoms with Crippen molar-refractivity contribution < 1.29 is 14.6 Å². The van der Waals surface area contributed by atoms with E-state index in [0.717, 1.165) is 5.01 Å². The minimum atomic E-state index is -0.972. The van der Waals surface area contributed by atoms with Crippen LogP contribution in [0.5, 0.6) is 5.75 Å². The summed E-state index contributed by atoms with van der Waals surface area (Å²) < 4.78 is 5.60. The van der Waals surface area contributed by atoms with Crippen LogP contribution in [0, 0.1) is 0 Å². The number of rotatable bonds is 5. The molecule has 6 heteroatoms. The van der Waals surface area contributed by atoms with Gasteiger partial charge in [0.15, 0.2) is 0 Å². The predicted octanol–water partition coefficient (Wildman–Crippen LogP) is 4.00. The Balaban J connectivity index is 2.47. The number of hydrogen-bond acceptors (Lipinski definition) is 5. The molecule has 0 aliphatic carbocycles. The molecule has 22 heavy (non-hydrogen) atoms. The van der Waals surface area contributed by atoms with Crippen LogP contribution < -0.4 is 10.5 Å². The van der Waals surface area contributed by atoms with Crippen molar-refractivity contribution in [2.24, 2.45) is 0 Å². The van der Waals surface area contributed by atoms with Crippen molar-refractivity contribution in [1.82, 2.24) is 4.98 Å². The summed E-state index contributed by atoms with van der Waals surface area (Å²) in [5.74, 6) is -0.201. The first kappa shape index (κ1) is 16.3. The number of nitrogens with two attached hydrogens (primary N) is 1. The minimum Gasteiger partial charge on any atom is -0.489 e. The standard InChI is InChI=1S/C16H20N2O3S/c1-8(2)15-18-13(14(22-15)16(19)20)10-5-6-12(11(17)7-10)21-9(3)4/h5-9H,17H2,1-4H3,(H,19,20). The number of hydrogen-bond donors (Lipinski definition) is 2. The molecule has 1 aromatic heterocycles. The molecule has 0 saturated carbocycles. The number of thiazole rings is 1. The summed E-state index contributed by atoms with van der Waals surface area (Å²) in [4.78, 5) is 16.2. The molecule has 2 rings (SSSR count). The second-order valence-electron chi connectivity index (χ2n) is 5.61. The van der Waals surface area contributed by atoms with E-state index in [1.807, 2.05) is 27.7 Å². The number of nitrogen functional groups attached to an aromatic ring is 1. The molecule has 1 heterocycles. The van der Waals surface area contributed by atoms with Crippen LogP contribution in [0.1, 0.15) is 48.3 Å². The van der Waals surface area contributed by atoms with Crippen LogP contribution in [0.2, 0.25) is 0 Å². The highest BCUT2D eigenvalue weighted by Gasteiger charge is 2.20. The number of anilines is 1. The van der Waals surface area contributed by atoms with Crippen molar-refractivity contribution >= 4 is 23.0 Å². The summed E-state index contributed by atoms with van der Waals surface area (Å²) >= 11 is 1.21. The quantitative estimate of drug-likeness (QED) is 0.813. The number of benzene rings is 1. The molecular weight excluding hydrogens is 300 g/mol. The van der Waals surface area contributed by atoms with Crippen LogP contribution in [0.15, 0.2) is 18.2 Å². The lowest BCUT2D eigenvalue weighted by Gasteiger charge is -2.12. The summed E-state index contributed by atoms with van der Waals surface area (Å²) in [6.07, 6.45) is 0.0227. The molecule has 0 bridgehead atoms. The van der Waals surface area contributed by atoms with Gasteiger partial charge in [-0.05, 0) is 32.0 Å². The molecule has 1 aromatic carbocycles. The number of ether oxygens (including phenoxy) is 1. The van der Waals surface area contributed by atoms with Gasteiger partial charge in [-0.25, -0.2) is 9.78 Å². The van der Waals surface area contributed by atoms with E-state index in [2.05, 4.69) is 4.98 Å². The fourth-order valence-corrected chi connectivity index (χ4v) is 2.91. The van der Waals surface area contributed by atoms with E-state index in [1.165, 1.54) is 11.3 Å². The van der Waals surface area contributed by atoms with E-state index in [1.54, 1.807) is 18.2 Å². The first-order chi connectivity index (χ1) is 10.3. The highest BCUT2D eigenvalue weighted by molar-refractivity contribution is 7.14. The first-order valence-corrected chi connectivity index (χ1v) is 7.91. The molecule has 0 spiro atoms. The maximum absolute atomic E-state index is 11.4. The third-order valence-corrected chi connectivity index (χ3v) is 4.32. The molecule has 0 radical (unpaired) electrons. The summed E-state index contributed by atoms with van der Waals surface area (Å²) in [5.41, 5.74) is 7.63. The topological polar surface area (TPSA) is 85.4 Å². The summed E-state index contributed by atoms with van der Waals surface area (Å²) in [5, 5.41) is 10.2. The predicted molar refractivity (Wildman–Crippen MR) is 88.8 cm³/mol. The van der Waals surface area contributed by atoms with Crippen LogP contribution in [0.25, 0.3) is 11.3 Å². The zero-order valence-electron chi connectivity index (χ0n) is 13.1. The maximum atomic E-state index is 11.4. The van der Waals surface area contributed by atoms with Crippen molar-refractivity contribution in [1.29, 1.82) is 0 Å². The van der Waals surface area contributed by atoms with Gasteiger partial charge in [0.1, 0.15) is 10.6 Å². The zero-order valence-corrected chi connectivity index (χ0v) is 13.9. The summed E-state index contributed by atoms with van der Waals surface area (Å²) in [6.45, 7) is 7.82. The Bertz CT molecular complexity index is 693. The third kappa shape index (κ3) is 3.39. The lowest BCUT2D eigenvalue weighted by atomic mass is 10.1. The summed E-state index contributed by atoms with van der Waals surface area (Å²) in [6, 6.07) is 5.26. The largest absolute Gasteiger partial charge is 0.489 e. The highest BCUT2D eigenvalue weighted by atomic mass is 32.1. The maximum Gasteiger partial charge on any atom is 0.348 e. The van der Waals surface area contributed by atoms with Crippen LogP contribution in [-0.4, -0.2) is 22.2 Å². The fraction of sp³-hybridized carbons (Fsp3) is 0.375. The lowest BCUT2D eigenvalue weighted by molar-refractivity contribution is 0.0702. The van der Waals surface area contributed by atoms with E-state index in [4.69, 9.17) is 10.5 Å². The monoisotopic (exact) mass is 320 g/mol. The molecule has 0 aliphatic heterocycles. The zero-order chi connectivity index (χ0) is 16.4. The van der Waals surface area contributed by atoms with Gasteiger partial charge in [0.2, 0.25) is 0 Å². The fourth-order valence-electron chi connectivity index (χ4n) is 1.98. The van der Waals surface area contributed by atoms with E-state index in [-0.39, 0.29) is 16.9 Å². The molecule has 0 saturated heterocycles. The molecule has 0 atom stereocenters. The van der Waals surface area contributed by atoms with Gasteiger partial charge in [-0.2, -0.15) is 0 Å². The van der Waals surface area contributed by atoms with Gasteiger partial charge in [0.25, 0.3) is 0 Å². The van der Waals surface area contributed by atoms with Crippen LogP contribution in [-0.2, 0) is 0 Å². The Morgan fingerprint density at radius 1 is 1.32 bits per heavy atom. The molecule has 0 amide bonds. The Kier molecular flexibility index (Phi) is 4.71. The van der Waals surface area contributed by atoms with Crippen LogP contribution in [0.3, 0.4) is 0 Å². The molecule has 2 aromatic rings. The van der Waals surface area contributed by atoms with E-state index >= 15 is 0 Å². The average Bonchev–Trinajstić information content (AvgIpc) is 2.86. The Hall–Kier alpha value is -2.08. The minimum absolute atomic E-state index is 0.0227. The van der Waals surface area contributed by atoms with Crippen molar-refractivity contribution in [2.45, 2.75) is 39.7 Å². The number of aromatic nitrogens is 1. The van der Waals surface area contributed by atoms with Crippen molar-refractivity contribution in [3.05, 3.63) is 28.1 Å². The van der Waals surface area contributed by atoms with Gasteiger partial charge in [-0.1, -0.05) is 13.8 Å². The third-order valence-electron chi connectivity index (χ3n) is 2.98. The number of carboxylic acids is 1. The smallest absolute Gasteiger partial charge is 0.348 e. The Morgan fingerprint density at radius 3 is 2.50 bits per heavy atom. The van der Waals surface area contributed by atoms with Gasteiger partial charge in [0.05, 0.1) is 22.5 Å². The first-order valence-electron chi connectivity index (χ1n) is 7.10. The Morgan fingerprint density at radius 2 is 2.00 bits per heavy atom. The van der Waals surface area contributed by atoms with Gasteiger partial charge < -0.3 is 15.6 Å². The Labute approximate surface area is 133 Å². The van der Waals surface area contributed by atoms with Crippen LogP contribution in [0.4, 0.5) is 5.69 Å². The average molecular weight is 320 g/mol. The number of carboxylic acid groups (broad SMARTS) is 1. The molecular formula is C16H20N2O3S. The van der Waals surface area contributed by atoms with Gasteiger partial charge >= 0.3 is 5.97 Å². The lowest BCUT2D eigenvalue weighted by Crippen LogP contribution is -2.07. The van der Waals surface area contributed by atoms with Crippen molar-refractivity contribution in [2.75, 3.05) is 5.73 Å². The van der Waals surface area contributed by atoms with Gasteiger partial charge in [-0.15, -0.1) is 11.3 Å². The second kappa shape index (κ2) is 6.36. The number of aromatic carboxylic acids is 1. The molecule has 118 valence electrons. The van der Waals surface area contributed by atoms with Gasteiger partial charge in [-0.3, -0.25) is 0 Å². The normalized spacial score (nSPS) is 11.2. The highest BCUT2D eigenvalue weighted by Crippen LogP contribution is 2.35. The van der Waals surface area contributed by atoms with Crippen molar-refractivity contribution in [3.8, 4) is 17.0 Å². The van der Waals surface area contributed by atoms with E-state index < -0.39 is 5.97 Å². The molecule has 3 N–H and O–H groups in total. The molecule has 0 unspecified atom stereocenters. The second-order valence-corrected chi connectivity index (χ2v) is 6.64. The number of nitrogens with zero attached hydrogens (tertiary/aromatic N) is 1. The molecule has 0 fully saturated rings. The number of carbonyl (C=O) groups is 1. The van der Waals surface area contributed by atoms with Crippen molar-refractivity contribution in [3.63, 3.8) is 0 Å². The van der Waals surface area contributed by atoms with Gasteiger partial charge in [0, 0.05) is 11.5 Å². The summed E-state index contributed by atoms with van der Waals surface area (Å²) in [7, 11) is 0. The molecule has 5 nitrogen and oxygen atoms in total. The SMILES string of the molecule is CC(C)Oc1ccc(-c2nc(C(C)C)sc2C(=O)O)cc1N. The van der Waals surface area contributed by atoms with Crippen LogP contribution >= 0.6 is 11.3 Å². The molecule has 0 aliphatic rings. The van der Waals surface area contributed by atoms with E-state index in [9.17, 15) is 9.90 Å². The van der Waals surface area contributed by atoms with E-state index in [0.29, 0.717) is 22.7 Å².